The number of ether oxygens (including phenoxy) is 1. The van der Waals surface area contributed by atoms with E-state index < -0.39 is 11.8 Å². The van der Waals surface area contributed by atoms with Crippen molar-refractivity contribution in [1.29, 1.82) is 0 Å². The molecule has 0 spiro atoms. The SMILES string of the molecule is COC(=O)c1ccc(F)c(C#CCCl)c1. The summed E-state index contributed by atoms with van der Waals surface area (Å²) in [4.78, 5) is 11.1. The van der Waals surface area contributed by atoms with Crippen LogP contribution in [0.3, 0.4) is 0 Å². The molecule has 0 unspecified atom stereocenters. The molecule has 0 aromatic heterocycles. The molecule has 0 aliphatic rings. The molecule has 0 fully saturated rings. The van der Waals surface area contributed by atoms with Gasteiger partial charge < -0.3 is 4.74 Å². The summed E-state index contributed by atoms with van der Waals surface area (Å²) in [6, 6.07) is 3.85. The summed E-state index contributed by atoms with van der Waals surface area (Å²) in [5.41, 5.74) is 0.399. The first-order valence-electron chi connectivity index (χ1n) is 4.11. The molecule has 1 aromatic rings. The zero-order chi connectivity index (χ0) is 11.3. The van der Waals surface area contributed by atoms with E-state index in [1.807, 2.05) is 0 Å². The lowest BCUT2D eigenvalue weighted by Crippen LogP contribution is -2.02. The van der Waals surface area contributed by atoms with Gasteiger partial charge in [0.05, 0.1) is 24.1 Å². The van der Waals surface area contributed by atoms with Gasteiger partial charge in [-0.1, -0.05) is 11.8 Å². The highest BCUT2D eigenvalue weighted by Crippen LogP contribution is 2.10. The maximum absolute atomic E-state index is 13.2. The van der Waals surface area contributed by atoms with E-state index in [-0.39, 0.29) is 17.0 Å². The molecule has 78 valence electrons. The van der Waals surface area contributed by atoms with Crippen LogP contribution in [0.15, 0.2) is 18.2 Å². The lowest BCUT2D eigenvalue weighted by molar-refractivity contribution is 0.0600. The second-order valence-corrected chi connectivity index (χ2v) is 2.89. The molecule has 0 heterocycles. The molecule has 0 saturated carbocycles. The normalized spacial score (nSPS) is 9.00. The van der Waals surface area contributed by atoms with E-state index >= 15 is 0 Å². The number of carbonyl (C=O) groups is 1. The average molecular weight is 227 g/mol. The van der Waals surface area contributed by atoms with E-state index in [1.165, 1.54) is 25.3 Å². The van der Waals surface area contributed by atoms with Crippen molar-refractivity contribution < 1.29 is 13.9 Å². The Kier molecular flexibility index (Phi) is 4.14. The summed E-state index contributed by atoms with van der Waals surface area (Å²) < 4.78 is 17.7. The van der Waals surface area contributed by atoms with E-state index in [0.717, 1.165) is 0 Å². The Morgan fingerprint density at radius 2 is 2.33 bits per heavy atom. The van der Waals surface area contributed by atoms with Gasteiger partial charge in [0, 0.05) is 0 Å². The monoisotopic (exact) mass is 226 g/mol. The molecule has 15 heavy (non-hydrogen) atoms. The van der Waals surface area contributed by atoms with Gasteiger partial charge in [-0.3, -0.25) is 0 Å². The first-order valence-corrected chi connectivity index (χ1v) is 4.65. The largest absolute Gasteiger partial charge is 0.465 e. The number of methoxy groups -OCH3 is 1. The lowest BCUT2D eigenvalue weighted by Gasteiger charge is -2.00. The van der Waals surface area contributed by atoms with Gasteiger partial charge in [-0.2, -0.15) is 0 Å². The third kappa shape index (κ3) is 2.97. The molecule has 0 atom stereocenters. The Morgan fingerprint density at radius 1 is 1.60 bits per heavy atom. The Morgan fingerprint density at radius 3 is 2.93 bits per heavy atom. The molecule has 1 aromatic carbocycles. The van der Waals surface area contributed by atoms with Crippen LogP contribution < -0.4 is 0 Å². The first kappa shape index (κ1) is 11.5. The minimum atomic E-state index is -0.524. The minimum Gasteiger partial charge on any atom is -0.465 e. The van der Waals surface area contributed by atoms with Gasteiger partial charge >= 0.3 is 5.97 Å². The fourth-order valence-electron chi connectivity index (χ4n) is 0.995. The number of alkyl halides is 1. The maximum Gasteiger partial charge on any atom is 0.337 e. The fraction of sp³-hybridized carbons (Fsp3) is 0.182. The molecular weight excluding hydrogens is 219 g/mol. The summed E-state index contributed by atoms with van der Waals surface area (Å²) in [7, 11) is 1.26. The number of carbonyl (C=O) groups excluding carboxylic acids is 1. The van der Waals surface area contributed by atoms with E-state index in [0.29, 0.717) is 0 Å². The summed E-state index contributed by atoms with van der Waals surface area (Å²) in [6.45, 7) is 0. The van der Waals surface area contributed by atoms with Gasteiger partial charge in [0.15, 0.2) is 0 Å². The molecule has 2 nitrogen and oxygen atoms in total. The minimum absolute atomic E-state index is 0.113. The standard InChI is InChI=1S/C11H8ClFO2/c1-15-11(14)9-4-5-10(13)8(7-9)3-2-6-12/h4-5,7H,6H2,1H3. The maximum atomic E-state index is 13.2. The van der Waals surface area contributed by atoms with Crippen LogP contribution in [0, 0.1) is 17.7 Å². The first-order chi connectivity index (χ1) is 7.19. The Hall–Kier alpha value is -1.53. The van der Waals surface area contributed by atoms with Crippen molar-refractivity contribution in [2.75, 3.05) is 13.0 Å². The number of hydrogen-bond donors (Lipinski definition) is 0. The van der Waals surface area contributed by atoms with Crippen LogP contribution in [-0.4, -0.2) is 19.0 Å². The highest BCUT2D eigenvalue weighted by atomic mass is 35.5. The quantitative estimate of drug-likeness (QED) is 0.417. The number of hydrogen-bond acceptors (Lipinski definition) is 2. The van der Waals surface area contributed by atoms with Crippen LogP contribution in [0.25, 0.3) is 0 Å². The van der Waals surface area contributed by atoms with E-state index in [9.17, 15) is 9.18 Å². The molecular formula is C11H8ClFO2. The predicted octanol–water partition coefficient (Wildman–Crippen LogP) is 2.20. The number of rotatable bonds is 1. The van der Waals surface area contributed by atoms with E-state index in [1.54, 1.807) is 0 Å². The molecule has 0 bridgehead atoms. The summed E-state index contributed by atoms with van der Waals surface area (Å²) in [6.07, 6.45) is 0. The highest BCUT2D eigenvalue weighted by Gasteiger charge is 2.08. The number of halogens is 2. The van der Waals surface area contributed by atoms with Gasteiger partial charge in [0.1, 0.15) is 5.82 Å². The van der Waals surface area contributed by atoms with Crippen LogP contribution in [0.2, 0.25) is 0 Å². The van der Waals surface area contributed by atoms with Crippen molar-refractivity contribution in [3.63, 3.8) is 0 Å². The third-order valence-corrected chi connectivity index (χ3v) is 1.81. The Balaban J connectivity index is 3.10. The third-order valence-electron chi connectivity index (χ3n) is 1.68. The Bertz CT molecular complexity index is 432. The van der Waals surface area contributed by atoms with Crippen molar-refractivity contribution in [3.05, 3.63) is 35.1 Å². The van der Waals surface area contributed by atoms with Crippen LogP contribution in [0.1, 0.15) is 15.9 Å². The number of benzene rings is 1. The molecule has 0 radical (unpaired) electrons. The van der Waals surface area contributed by atoms with Crippen LogP contribution >= 0.6 is 11.6 Å². The molecule has 0 amide bonds. The van der Waals surface area contributed by atoms with Crippen LogP contribution in [0.5, 0.6) is 0 Å². The average Bonchev–Trinajstić information content (AvgIpc) is 2.27. The van der Waals surface area contributed by atoms with Crippen molar-refractivity contribution in [1.82, 2.24) is 0 Å². The van der Waals surface area contributed by atoms with E-state index in [2.05, 4.69) is 16.6 Å². The summed E-state index contributed by atoms with van der Waals surface area (Å²) in [5, 5.41) is 0. The molecule has 0 aliphatic heterocycles. The lowest BCUT2D eigenvalue weighted by atomic mass is 10.1. The van der Waals surface area contributed by atoms with Crippen molar-refractivity contribution in [2.24, 2.45) is 0 Å². The van der Waals surface area contributed by atoms with Gasteiger partial charge in [-0.15, -0.1) is 11.6 Å². The fourth-order valence-corrected chi connectivity index (χ4v) is 1.06. The Labute approximate surface area is 92.0 Å². The second-order valence-electron chi connectivity index (χ2n) is 2.62. The van der Waals surface area contributed by atoms with Crippen molar-refractivity contribution >= 4 is 17.6 Å². The summed E-state index contributed by atoms with van der Waals surface area (Å²) in [5.74, 6) is 4.13. The molecule has 0 saturated heterocycles. The highest BCUT2D eigenvalue weighted by molar-refractivity contribution is 6.19. The van der Waals surface area contributed by atoms with Crippen LogP contribution in [0.4, 0.5) is 4.39 Å². The molecule has 4 heteroatoms. The molecule has 0 aliphatic carbocycles. The smallest absolute Gasteiger partial charge is 0.337 e. The molecule has 1 rings (SSSR count). The zero-order valence-corrected chi connectivity index (χ0v) is 8.77. The van der Waals surface area contributed by atoms with Gasteiger partial charge in [0.2, 0.25) is 0 Å². The molecule has 0 N–H and O–H groups in total. The van der Waals surface area contributed by atoms with Crippen molar-refractivity contribution in [2.45, 2.75) is 0 Å². The van der Waals surface area contributed by atoms with E-state index in [4.69, 9.17) is 11.6 Å². The summed E-state index contributed by atoms with van der Waals surface area (Å²) >= 11 is 5.35. The van der Waals surface area contributed by atoms with Gasteiger partial charge in [0.25, 0.3) is 0 Å². The zero-order valence-electron chi connectivity index (χ0n) is 8.01. The van der Waals surface area contributed by atoms with Gasteiger partial charge in [-0.25, -0.2) is 9.18 Å². The number of esters is 1. The predicted molar refractivity (Wildman–Crippen MR) is 55.3 cm³/mol. The second kappa shape index (κ2) is 5.38. The van der Waals surface area contributed by atoms with Crippen molar-refractivity contribution in [3.8, 4) is 11.8 Å². The van der Waals surface area contributed by atoms with Gasteiger partial charge in [-0.05, 0) is 18.2 Å². The topological polar surface area (TPSA) is 26.3 Å². The van der Waals surface area contributed by atoms with Crippen LogP contribution in [-0.2, 0) is 4.74 Å².